The average Bonchev–Trinajstić information content (AvgIpc) is 2.82. The molecule has 24 heavy (non-hydrogen) atoms. The van der Waals surface area contributed by atoms with Gasteiger partial charge in [-0.05, 0) is 33.0 Å². The maximum absolute atomic E-state index is 9.16. The number of hydrogen-bond donors (Lipinski definition) is 0. The molecule has 1 aliphatic heterocycles. The Morgan fingerprint density at radius 2 is 1.46 bits per heavy atom. The van der Waals surface area contributed by atoms with Crippen molar-refractivity contribution in [1.29, 1.82) is 5.26 Å². The lowest BCUT2D eigenvalue weighted by Crippen LogP contribution is -2.52. The van der Waals surface area contributed by atoms with Crippen molar-refractivity contribution in [2.75, 3.05) is 0 Å². The summed E-state index contributed by atoms with van der Waals surface area (Å²) in [6.45, 7) is 20.7. The largest absolute Gasteiger partial charge is 0.526 e. The Bertz CT molecular complexity index is 1200. The minimum atomic E-state index is -1.92. The Hall–Kier alpha value is -3.13. The molecule has 0 aliphatic carbocycles. The molecule has 3 rings (SSSR count). The Labute approximate surface area is 141 Å². The van der Waals surface area contributed by atoms with Crippen LogP contribution in [0.3, 0.4) is 0 Å². The molecule has 114 valence electrons. The van der Waals surface area contributed by atoms with E-state index in [1.165, 1.54) is 20.8 Å². The van der Waals surface area contributed by atoms with Gasteiger partial charge in [-0.1, -0.05) is 49.5 Å². The van der Waals surface area contributed by atoms with Crippen LogP contribution in [0, 0.1) is 34.9 Å². The molecule has 3 nitrogen and oxygen atoms in total. The second kappa shape index (κ2) is 5.50. The van der Waals surface area contributed by atoms with Crippen molar-refractivity contribution in [2.24, 2.45) is 0 Å². The molecule has 2 aromatic carbocycles. The third kappa shape index (κ3) is 2.15. The predicted molar refractivity (Wildman–Crippen MR) is 97.9 cm³/mol. The van der Waals surface area contributed by atoms with Crippen LogP contribution >= 0.6 is 0 Å². The average molecular weight is 325 g/mol. The van der Waals surface area contributed by atoms with Gasteiger partial charge in [-0.25, -0.2) is 0 Å². The zero-order chi connectivity index (χ0) is 17.5. The van der Waals surface area contributed by atoms with E-state index in [9.17, 15) is 0 Å². The smallest absolute Gasteiger partial charge is 0.193 e. The van der Waals surface area contributed by atoms with Gasteiger partial charge < -0.3 is 0 Å². The summed E-state index contributed by atoms with van der Waals surface area (Å²) in [5.41, 5.74) is 0.718. The molecule has 0 fully saturated rings. The normalized spacial score (nSPS) is 14.5. The van der Waals surface area contributed by atoms with Crippen LogP contribution in [0.1, 0.15) is 6.92 Å². The van der Waals surface area contributed by atoms with E-state index >= 15 is 0 Å². The van der Waals surface area contributed by atoms with Crippen molar-refractivity contribution in [2.45, 2.75) is 20.0 Å². The molecule has 0 spiro atoms. The van der Waals surface area contributed by atoms with Gasteiger partial charge in [0.2, 0.25) is 0 Å². The van der Waals surface area contributed by atoms with Crippen LogP contribution in [0.25, 0.3) is 21.1 Å². The molecule has 0 saturated heterocycles. The molecule has 0 radical (unpaired) electrons. The fraction of sp³-hybridized carbons (Fsp3) is 0.150. The molecule has 0 amide bonds. The van der Waals surface area contributed by atoms with E-state index in [4.69, 9.17) is 18.4 Å². The van der Waals surface area contributed by atoms with Gasteiger partial charge in [0.1, 0.15) is 21.2 Å². The summed E-state index contributed by atoms with van der Waals surface area (Å²) in [5, 5.41) is 15.8. The van der Waals surface area contributed by atoms with Gasteiger partial charge >= 0.3 is 5.82 Å². The molecule has 0 saturated carbocycles. The molecule has 0 unspecified atom stereocenters. The van der Waals surface area contributed by atoms with Crippen LogP contribution in [0.2, 0.25) is 13.1 Å². The number of rotatable bonds is 0. The maximum Gasteiger partial charge on any atom is 0.526 e. The Morgan fingerprint density at radius 3 is 1.96 bits per heavy atom. The van der Waals surface area contributed by atoms with Crippen LogP contribution in [0.5, 0.6) is 0 Å². The summed E-state index contributed by atoms with van der Waals surface area (Å²) >= 11 is 0. The second-order valence-corrected chi connectivity index (χ2v) is 10.8. The number of nitriles is 1. The van der Waals surface area contributed by atoms with Gasteiger partial charge in [-0.2, -0.15) is 15.0 Å². The topological polar surface area (TPSA) is 32.5 Å². The number of fused-ring (bicyclic) bond motifs is 2. The Balaban J connectivity index is 2.48. The van der Waals surface area contributed by atoms with Gasteiger partial charge in [0, 0.05) is 5.57 Å². The monoisotopic (exact) mass is 325 g/mol. The van der Waals surface area contributed by atoms with Crippen LogP contribution in [0.4, 0.5) is 0 Å². The standard InChI is InChI=1S/C20H15N3Si/c1-13(12-21)14-6-8-16-17-9-7-15(20(22-2)23-3)11-19(17)24(4,5)18(16)10-14/h6-11H,1,4-5H3/b14-13+. The van der Waals surface area contributed by atoms with Crippen molar-refractivity contribution in [3.05, 3.63) is 80.1 Å². The van der Waals surface area contributed by atoms with Gasteiger partial charge in [-0.15, -0.1) is 0 Å². The zero-order valence-electron chi connectivity index (χ0n) is 13.8. The van der Waals surface area contributed by atoms with Crippen LogP contribution in [-0.4, -0.2) is 8.07 Å². The van der Waals surface area contributed by atoms with Gasteiger partial charge in [-0.3, -0.25) is 0 Å². The lowest BCUT2D eigenvalue weighted by atomic mass is 10.1. The summed E-state index contributed by atoms with van der Waals surface area (Å²) in [6, 6.07) is 14.4. The highest BCUT2D eigenvalue weighted by Gasteiger charge is 2.32. The predicted octanol–water partition coefficient (Wildman–Crippen LogP) is 1.71. The van der Waals surface area contributed by atoms with Gasteiger partial charge in [0.25, 0.3) is 0 Å². The van der Waals surface area contributed by atoms with Crippen molar-refractivity contribution in [1.82, 2.24) is 0 Å². The highest BCUT2D eigenvalue weighted by Crippen LogP contribution is 2.12. The van der Waals surface area contributed by atoms with Crippen molar-refractivity contribution in [3.8, 4) is 6.07 Å². The van der Waals surface area contributed by atoms with Crippen LogP contribution in [-0.2, 0) is 0 Å². The first kappa shape index (κ1) is 15.8. The molecule has 0 aromatic heterocycles. The van der Waals surface area contributed by atoms with Crippen molar-refractivity contribution in [3.63, 3.8) is 0 Å². The molecule has 4 heteroatoms. The molecule has 2 aromatic rings. The Morgan fingerprint density at radius 1 is 0.958 bits per heavy atom. The number of nitrogens with zero attached hydrogens (tertiary/aromatic N) is 3. The van der Waals surface area contributed by atoms with Gasteiger partial charge in [0.05, 0.1) is 11.3 Å². The van der Waals surface area contributed by atoms with Crippen molar-refractivity contribution < 1.29 is 0 Å². The third-order valence-electron chi connectivity index (χ3n) is 4.75. The lowest BCUT2D eigenvalue weighted by Gasteiger charge is -2.19. The van der Waals surface area contributed by atoms with E-state index in [1.807, 2.05) is 31.2 Å². The van der Waals surface area contributed by atoms with E-state index in [1.54, 1.807) is 0 Å². The summed E-state index contributed by atoms with van der Waals surface area (Å²) < 4.78 is 0. The molecular weight excluding hydrogens is 310 g/mol. The SMILES string of the molecule is [C-]#[N+]C([N+]#[C-])=c1ccc2c(c1)[Si](C)(C)c1c/c(=C(\C)C#N)ccc1=2. The molecule has 0 N–H and O–H groups in total. The number of hydrogen-bond acceptors (Lipinski definition) is 1. The van der Waals surface area contributed by atoms with Gasteiger partial charge in [0.15, 0.2) is 0 Å². The van der Waals surface area contributed by atoms with Crippen molar-refractivity contribution >= 4 is 29.8 Å². The maximum atomic E-state index is 9.16. The molecule has 0 atom stereocenters. The van der Waals surface area contributed by atoms with E-state index in [2.05, 4.69) is 41.0 Å². The highest BCUT2D eigenvalue weighted by atomic mass is 28.3. The van der Waals surface area contributed by atoms with E-state index < -0.39 is 8.07 Å². The lowest BCUT2D eigenvalue weighted by molar-refractivity contribution is 1.48. The van der Waals surface area contributed by atoms with Crippen LogP contribution in [0.15, 0.2) is 36.4 Å². The fourth-order valence-electron chi connectivity index (χ4n) is 3.33. The highest BCUT2D eigenvalue weighted by molar-refractivity contribution is 7.01. The van der Waals surface area contributed by atoms with E-state index in [-0.39, 0.29) is 5.82 Å². The minimum absolute atomic E-state index is 0.118. The zero-order valence-corrected chi connectivity index (χ0v) is 14.8. The second-order valence-electron chi connectivity index (χ2n) is 6.43. The summed E-state index contributed by atoms with van der Waals surface area (Å²) in [7, 11) is -1.92. The first-order valence-electron chi connectivity index (χ1n) is 7.59. The quantitative estimate of drug-likeness (QED) is 0.536. The summed E-state index contributed by atoms with van der Waals surface area (Å²) in [6.07, 6.45) is 0. The third-order valence-corrected chi connectivity index (χ3v) is 8.27. The first-order valence-corrected chi connectivity index (χ1v) is 10.6. The molecule has 0 bridgehead atoms. The molecule has 1 heterocycles. The molecule has 1 aliphatic rings. The number of benzene rings is 2. The molecular formula is C20H15N3Si. The minimum Gasteiger partial charge on any atom is -0.193 e. The first-order chi connectivity index (χ1) is 11.4. The fourth-order valence-corrected chi connectivity index (χ4v) is 6.43. The summed E-state index contributed by atoms with van der Waals surface area (Å²) in [5.74, 6) is 0.118. The Kier molecular flexibility index (Phi) is 3.61. The van der Waals surface area contributed by atoms with Crippen LogP contribution < -0.4 is 20.8 Å². The van der Waals surface area contributed by atoms with E-state index in [0.29, 0.717) is 5.22 Å². The summed E-state index contributed by atoms with van der Waals surface area (Å²) in [4.78, 5) is 6.67. The van der Waals surface area contributed by atoms with E-state index in [0.717, 1.165) is 10.8 Å².